The number of hydrogen-bond acceptors (Lipinski definition) is 5. The highest BCUT2D eigenvalue weighted by Crippen LogP contribution is 2.31. The van der Waals surface area contributed by atoms with Gasteiger partial charge in [0.25, 0.3) is 0 Å². The molecule has 0 aliphatic heterocycles. The molecule has 1 heterocycles. The highest BCUT2D eigenvalue weighted by atomic mass is 35.5. The number of nitrogens with zero attached hydrogens (tertiary/aromatic N) is 2. The molecule has 2 rings (SSSR count). The van der Waals surface area contributed by atoms with Crippen LogP contribution in [0, 0.1) is 5.82 Å². The summed E-state index contributed by atoms with van der Waals surface area (Å²) in [5, 5.41) is 13.9. The summed E-state index contributed by atoms with van der Waals surface area (Å²) in [6.45, 7) is 0.0802. The summed E-state index contributed by atoms with van der Waals surface area (Å²) in [5.41, 5.74) is -0.948. The average Bonchev–Trinajstić information content (AvgIpc) is 2.49. The molecule has 130 valence electrons. The van der Waals surface area contributed by atoms with Gasteiger partial charge in [-0.2, -0.15) is 18.2 Å². The Balaban J connectivity index is 2.31. The maximum Gasteiger partial charge on any atom is 0.433 e. The molecule has 0 spiro atoms. The van der Waals surface area contributed by atoms with Crippen molar-refractivity contribution in [2.24, 2.45) is 0 Å². The molecule has 0 saturated heterocycles. The quantitative estimate of drug-likeness (QED) is 0.537. The minimum Gasteiger partial charge on any atom is -0.396 e. The van der Waals surface area contributed by atoms with Crippen LogP contribution in [0.5, 0.6) is 0 Å². The average molecular weight is 365 g/mol. The SMILES string of the molecule is OCCCNc1nc(Nc2ccc(F)cc2Cl)cc(C(F)(F)F)n1. The minimum atomic E-state index is -4.67. The summed E-state index contributed by atoms with van der Waals surface area (Å²) >= 11 is 5.84. The molecule has 24 heavy (non-hydrogen) atoms. The maximum absolute atomic E-state index is 13.0. The number of rotatable bonds is 6. The Kier molecular flexibility index (Phi) is 5.79. The zero-order chi connectivity index (χ0) is 17.7. The fraction of sp³-hybridized carbons (Fsp3) is 0.286. The molecule has 0 saturated carbocycles. The minimum absolute atomic E-state index is 0.00281. The van der Waals surface area contributed by atoms with Crippen molar-refractivity contribution in [3.63, 3.8) is 0 Å². The molecule has 0 aliphatic carbocycles. The van der Waals surface area contributed by atoms with E-state index in [0.717, 1.165) is 18.2 Å². The summed E-state index contributed by atoms with van der Waals surface area (Å²) < 4.78 is 51.9. The van der Waals surface area contributed by atoms with Gasteiger partial charge in [-0.1, -0.05) is 11.6 Å². The van der Waals surface area contributed by atoms with E-state index < -0.39 is 17.7 Å². The Morgan fingerprint density at radius 2 is 1.92 bits per heavy atom. The van der Waals surface area contributed by atoms with Crippen LogP contribution in [0.4, 0.5) is 35.0 Å². The second-order valence-electron chi connectivity index (χ2n) is 4.71. The lowest BCUT2D eigenvalue weighted by molar-refractivity contribution is -0.141. The van der Waals surface area contributed by atoms with Gasteiger partial charge in [0.1, 0.15) is 11.6 Å². The first kappa shape index (κ1) is 18.2. The van der Waals surface area contributed by atoms with E-state index in [1.54, 1.807) is 0 Å². The van der Waals surface area contributed by atoms with E-state index in [2.05, 4.69) is 20.6 Å². The van der Waals surface area contributed by atoms with Gasteiger partial charge in [0.2, 0.25) is 5.95 Å². The number of aliphatic hydroxyl groups excluding tert-OH is 1. The highest BCUT2D eigenvalue weighted by Gasteiger charge is 2.33. The summed E-state index contributed by atoms with van der Waals surface area (Å²) in [4.78, 5) is 7.30. The number of halogens is 5. The molecule has 0 aliphatic rings. The zero-order valence-electron chi connectivity index (χ0n) is 12.2. The first-order valence-corrected chi connectivity index (χ1v) is 7.20. The van der Waals surface area contributed by atoms with E-state index in [-0.39, 0.29) is 35.6 Å². The van der Waals surface area contributed by atoms with E-state index >= 15 is 0 Å². The van der Waals surface area contributed by atoms with Crippen LogP contribution >= 0.6 is 11.6 Å². The molecule has 0 radical (unpaired) electrons. The topological polar surface area (TPSA) is 70.1 Å². The third-order valence-corrected chi connectivity index (χ3v) is 3.14. The van der Waals surface area contributed by atoms with Crippen molar-refractivity contribution in [3.8, 4) is 0 Å². The molecule has 0 unspecified atom stereocenters. The standard InChI is InChI=1S/C14H13ClF4N4O/c15-9-6-8(16)2-3-10(9)21-12-7-11(14(17,18)19)22-13(23-12)20-4-1-5-24/h2-3,6-7,24H,1,4-5H2,(H2,20,21,22,23). The predicted molar refractivity (Wildman–Crippen MR) is 81.9 cm³/mol. The number of nitrogens with one attached hydrogen (secondary N) is 2. The molecule has 1 aromatic heterocycles. The van der Waals surface area contributed by atoms with Gasteiger partial charge in [0.15, 0.2) is 5.69 Å². The van der Waals surface area contributed by atoms with Gasteiger partial charge >= 0.3 is 6.18 Å². The van der Waals surface area contributed by atoms with Crippen molar-refractivity contribution in [2.45, 2.75) is 12.6 Å². The summed E-state index contributed by atoms with van der Waals surface area (Å²) in [5.74, 6) is -0.980. The molecule has 0 atom stereocenters. The van der Waals surface area contributed by atoms with Crippen molar-refractivity contribution in [2.75, 3.05) is 23.8 Å². The lowest BCUT2D eigenvalue weighted by Gasteiger charge is -2.13. The first-order chi connectivity index (χ1) is 11.3. The predicted octanol–water partition coefficient (Wildman–Crippen LogP) is 3.83. The Hall–Kier alpha value is -2.13. The highest BCUT2D eigenvalue weighted by molar-refractivity contribution is 6.33. The fourth-order valence-electron chi connectivity index (χ4n) is 1.74. The third-order valence-electron chi connectivity index (χ3n) is 2.83. The smallest absolute Gasteiger partial charge is 0.396 e. The lowest BCUT2D eigenvalue weighted by Crippen LogP contribution is -2.14. The van der Waals surface area contributed by atoms with E-state index in [1.807, 2.05) is 0 Å². The number of aromatic nitrogens is 2. The fourth-order valence-corrected chi connectivity index (χ4v) is 1.96. The third kappa shape index (κ3) is 4.93. The molecular weight excluding hydrogens is 352 g/mol. The molecule has 2 aromatic rings. The van der Waals surface area contributed by atoms with Crippen molar-refractivity contribution in [3.05, 3.63) is 40.8 Å². The molecule has 3 N–H and O–H groups in total. The Morgan fingerprint density at radius 3 is 2.54 bits per heavy atom. The molecule has 10 heteroatoms. The van der Waals surface area contributed by atoms with Gasteiger partial charge in [0.05, 0.1) is 10.7 Å². The maximum atomic E-state index is 13.0. The van der Waals surface area contributed by atoms with Crippen LogP contribution < -0.4 is 10.6 Å². The van der Waals surface area contributed by atoms with Crippen LogP contribution in [0.3, 0.4) is 0 Å². The van der Waals surface area contributed by atoms with Gasteiger partial charge in [-0.3, -0.25) is 0 Å². The van der Waals surface area contributed by atoms with Crippen LogP contribution in [0.1, 0.15) is 12.1 Å². The van der Waals surface area contributed by atoms with Crippen molar-refractivity contribution in [1.82, 2.24) is 9.97 Å². The first-order valence-electron chi connectivity index (χ1n) is 6.82. The van der Waals surface area contributed by atoms with Crippen molar-refractivity contribution < 1.29 is 22.7 Å². The van der Waals surface area contributed by atoms with Gasteiger partial charge in [0, 0.05) is 19.2 Å². The van der Waals surface area contributed by atoms with Gasteiger partial charge in [-0.15, -0.1) is 0 Å². The van der Waals surface area contributed by atoms with Gasteiger partial charge in [-0.25, -0.2) is 9.37 Å². The van der Waals surface area contributed by atoms with Crippen molar-refractivity contribution in [1.29, 1.82) is 0 Å². The monoisotopic (exact) mass is 364 g/mol. The number of aliphatic hydroxyl groups is 1. The number of alkyl halides is 3. The largest absolute Gasteiger partial charge is 0.433 e. The van der Waals surface area contributed by atoms with E-state index in [0.29, 0.717) is 6.42 Å². The van der Waals surface area contributed by atoms with Crippen LogP contribution in [0.25, 0.3) is 0 Å². The molecule has 0 bridgehead atoms. The zero-order valence-corrected chi connectivity index (χ0v) is 12.9. The summed E-state index contributed by atoms with van der Waals surface area (Å²) in [6.07, 6.45) is -4.34. The van der Waals surface area contributed by atoms with Crippen LogP contribution in [0.2, 0.25) is 5.02 Å². The second kappa shape index (κ2) is 7.63. The van der Waals surface area contributed by atoms with Crippen LogP contribution in [-0.2, 0) is 6.18 Å². The number of hydrogen-bond donors (Lipinski definition) is 3. The Morgan fingerprint density at radius 1 is 1.17 bits per heavy atom. The molecule has 1 aromatic carbocycles. The summed E-state index contributed by atoms with van der Waals surface area (Å²) in [6, 6.07) is 4.14. The normalized spacial score (nSPS) is 11.4. The van der Waals surface area contributed by atoms with Crippen LogP contribution in [-0.4, -0.2) is 28.2 Å². The van der Waals surface area contributed by atoms with Gasteiger partial charge in [-0.05, 0) is 24.6 Å². The summed E-state index contributed by atoms with van der Waals surface area (Å²) in [7, 11) is 0. The van der Waals surface area contributed by atoms with Gasteiger partial charge < -0.3 is 15.7 Å². The molecule has 0 fully saturated rings. The Labute approximate surface area is 139 Å². The van der Waals surface area contributed by atoms with E-state index in [4.69, 9.17) is 16.7 Å². The van der Waals surface area contributed by atoms with Crippen LogP contribution in [0.15, 0.2) is 24.3 Å². The molecule has 0 amide bonds. The van der Waals surface area contributed by atoms with Crippen molar-refractivity contribution >= 4 is 29.1 Å². The lowest BCUT2D eigenvalue weighted by atomic mass is 10.3. The second-order valence-corrected chi connectivity index (χ2v) is 5.12. The molecular formula is C14H13ClF4N4O. The number of benzene rings is 1. The molecule has 5 nitrogen and oxygen atoms in total. The van der Waals surface area contributed by atoms with E-state index in [9.17, 15) is 17.6 Å². The van der Waals surface area contributed by atoms with E-state index in [1.165, 1.54) is 6.07 Å². The number of anilines is 3. The Bertz CT molecular complexity index is 712.